The van der Waals surface area contributed by atoms with E-state index in [0.717, 1.165) is 138 Å². The number of rotatable bonds is 27. The number of hydrogen-bond acceptors (Lipinski definition) is 16. The zero-order valence-electron chi connectivity index (χ0n) is 64.5. The van der Waals surface area contributed by atoms with Crippen molar-refractivity contribution in [1.82, 2.24) is 19.9 Å². The zero-order valence-corrected chi connectivity index (χ0v) is 67.0. The minimum Gasteiger partial charge on any atom is -0.487 e. The van der Waals surface area contributed by atoms with E-state index in [9.17, 15) is 24.0 Å². The first kappa shape index (κ1) is 84.3. The van der Waals surface area contributed by atoms with Crippen LogP contribution >= 0.6 is 35.3 Å². The fourth-order valence-electron chi connectivity index (χ4n) is 12.0. The maximum atomic E-state index is 11.1. The number of carbonyl (C=O) groups is 5. The number of thioether (sulfide) groups is 3. The summed E-state index contributed by atoms with van der Waals surface area (Å²) in [7, 11) is 0. The van der Waals surface area contributed by atoms with E-state index in [1.807, 2.05) is 255 Å². The molecule has 0 aliphatic rings. The molecule has 0 unspecified atom stereocenters. The first-order valence-electron chi connectivity index (χ1n) is 37.6. The fourth-order valence-corrected chi connectivity index (χ4v) is 14.6. The molecule has 0 saturated carbocycles. The van der Waals surface area contributed by atoms with Crippen molar-refractivity contribution < 1.29 is 63.3 Å². The lowest BCUT2D eigenvalue weighted by Gasteiger charge is -2.09. The predicted molar refractivity (Wildman–Crippen MR) is 470 cm³/mol. The first-order valence-corrected chi connectivity index (χ1v) is 40.6. The molecule has 0 spiro atoms. The third-order valence-corrected chi connectivity index (χ3v) is 21.1. The van der Waals surface area contributed by atoms with E-state index in [2.05, 4.69) is 43.9 Å². The van der Waals surface area contributed by atoms with Crippen LogP contribution in [0.25, 0.3) is 43.6 Å². The molecule has 16 rings (SSSR count). The van der Waals surface area contributed by atoms with Crippen molar-refractivity contribution in [3.63, 3.8) is 0 Å². The molecule has 0 radical (unpaired) electrons. The van der Waals surface area contributed by atoms with Gasteiger partial charge in [0.25, 0.3) is 0 Å². The molecule has 594 valence electrons. The van der Waals surface area contributed by atoms with Crippen LogP contribution in [0.5, 0.6) is 23.0 Å². The molecular weight excluding hydrogens is 1550 g/mol. The van der Waals surface area contributed by atoms with Crippen molar-refractivity contribution >= 4 is 109 Å². The molecule has 16 aromatic rings. The van der Waals surface area contributed by atoms with E-state index in [1.165, 1.54) is 6.92 Å². The number of nitrogens with two attached hydrogens (primary N) is 1. The Morgan fingerprint density at radius 2 is 0.580 bits per heavy atom. The largest absolute Gasteiger partial charge is 0.487 e. The van der Waals surface area contributed by atoms with Crippen molar-refractivity contribution in [2.45, 2.75) is 71.7 Å². The summed E-state index contributed by atoms with van der Waals surface area (Å²) in [6.45, 7) is 2.93. The lowest BCUT2D eigenvalue weighted by atomic mass is 10.0. The van der Waals surface area contributed by atoms with Gasteiger partial charge in [0.05, 0.1) is 67.1 Å². The predicted octanol–water partition coefficient (Wildman–Crippen LogP) is 22.0. The highest BCUT2D eigenvalue weighted by atomic mass is 32.2. The molecule has 21 heteroatoms. The molecule has 12 aromatic carbocycles. The van der Waals surface area contributed by atoms with Crippen molar-refractivity contribution in [2.24, 2.45) is 5.73 Å². The SMILES string of the molecule is CC(N)=O.O=C(O)c1ccc(CSc2cccc(OCc3ccc4ccccc4n3)c2)cc1.O=C(O)c1cccc(CSc2ccc(OCc3ccc4ccccc4n3)cc2)c1.O=C(O)c1cccc(CSc2cccc(OCc3ccc4ccccc4n3)c2)c1.O=C(O)c1cccc(Cc2cccc(OCc3ccc4ccccc4n3)c2)c1. The Morgan fingerprint density at radius 1 is 0.277 bits per heavy atom. The molecule has 0 aliphatic carbocycles. The van der Waals surface area contributed by atoms with Crippen LogP contribution in [0.4, 0.5) is 0 Å². The zero-order chi connectivity index (χ0) is 83.1. The lowest BCUT2D eigenvalue weighted by Crippen LogP contribution is -2.01. The van der Waals surface area contributed by atoms with Crippen molar-refractivity contribution in [1.29, 1.82) is 0 Å². The highest BCUT2D eigenvalue weighted by molar-refractivity contribution is 7.99. The van der Waals surface area contributed by atoms with Gasteiger partial charge in [-0.25, -0.2) is 39.1 Å². The quantitative estimate of drug-likeness (QED) is 0.0299. The summed E-state index contributed by atoms with van der Waals surface area (Å²) >= 11 is 4.98. The molecule has 1 amide bonds. The number of carbonyl (C=O) groups excluding carboxylic acids is 1. The summed E-state index contributed by atoms with van der Waals surface area (Å²) in [5, 5.41) is 40.8. The molecule has 0 atom stereocenters. The van der Waals surface area contributed by atoms with Crippen LogP contribution < -0.4 is 24.7 Å². The first-order chi connectivity index (χ1) is 57.9. The minimum absolute atomic E-state index is 0.298. The number of aromatic carboxylic acids is 4. The van der Waals surface area contributed by atoms with Gasteiger partial charge < -0.3 is 45.1 Å². The fraction of sp³-hybridized carbons (Fsp3) is 0.0918. The molecule has 0 saturated heterocycles. The van der Waals surface area contributed by atoms with Gasteiger partial charge in [0.2, 0.25) is 5.91 Å². The highest BCUT2D eigenvalue weighted by Gasteiger charge is 2.12. The van der Waals surface area contributed by atoms with Crippen LogP contribution in [0.3, 0.4) is 0 Å². The number of fused-ring (bicyclic) bond motifs is 4. The molecule has 6 N–H and O–H groups in total. The number of carboxylic acids is 4. The number of primary amides is 1. The molecule has 119 heavy (non-hydrogen) atoms. The molecule has 0 fully saturated rings. The minimum atomic E-state index is -0.915. The Hall–Kier alpha value is -14.1. The van der Waals surface area contributed by atoms with E-state index in [-0.39, 0.29) is 5.91 Å². The Bertz CT molecular complexity index is 6170. The van der Waals surface area contributed by atoms with Gasteiger partial charge in [0, 0.05) is 60.4 Å². The number of nitrogens with zero attached hydrogens (tertiary/aromatic N) is 4. The van der Waals surface area contributed by atoms with E-state index in [4.69, 9.17) is 39.4 Å². The average molecular weight is 1630 g/mol. The second-order valence-corrected chi connectivity index (χ2v) is 30.0. The maximum absolute atomic E-state index is 11.1. The van der Waals surface area contributed by atoms with Crippen LogP contribution in [0, 0.1) is 0 Å². The van der Waals surface area contributed by atoms with E-state index < -0.39 is 23.9 Å². The summed E-state index contributed by atoms with van der Waals surface area (Å²) in [5.41, 5.74) is 18.1. The summed E-state index contributed by atoms with van der Waals surface area (Å²) in [5.74, 6) is 1.33. The molecule has 0 bridgehead atoms. The van der Waals surface area contributed by atoms with E-state index in [0.29, 0.717) is 66.6 Å². The van der Waals surface area contributed by atoms with Gasteiger partial charge in [0.15, 0.2) is 0 Å². The second-order valence-electron chi connectivity index (χ2n) is 26.9. The van der Waals surface area contributed by atoms with Gasteiger partial charge in [0.1, 0.15) is 49.4 Å². The summed E-state index contributed by atoms with van der Waals surface area (Å²) < 4.78 is 23.7. The number of carboxylic acid groups (broad SMARTS) is 4. The van der Waals surface area contributed by atoms with E-state index >= 15 is 0 Å². The topological polar surface area (TPSA) is 281 Å². The maximum Gasteiger partial charge on any atom is 0.335 e. The van der Waals surface area contributed by atoms with Crippen LogP contribution in [0.15, 0.2) is 354 Å². The van der Waals surface area contributed by atoms with Gasteiger partial charge in [-0.15, -0.1) is 35.3 Å². The number of ether oxygens (including phenoxy) is 4. The molecule has 4 heterocycles. The smallest absolute Gasteiger partial charge is 0.335 e. The van der Waals surface area contributed by atoms with Crippen LogP contribution in [-0.4, -0.2) is 70.1 Å². The van der Waals surface area contributed by atoms with Gasteiger partial charge in [-0.05, 0) is 204 Å². The van der Waals surface area contributed by atoms with E-state index in [1.54, 1.807) is 102 Å². The summed E-state index contributed by atoms with van der Waals surface area (Å²) in [6, 6.07) is 108. The molecular formula is C98H81N5O13S3. The second kappa shape index (κ2) is 43.0. The average Bonchev–Trinajstić information content (AvgIpc) is 0.806. The van der Waals surface area contributed by atoms with Gasteiger partial charge in [-0.2, -0.15) is 0 Å². The van der Waals surface area contributed by atoms with Gasteiger partial charge >= 0.3 is 23.9 Å². The Labute approximate surface area is 700 Å². The molecule has 0 aliphatic heterocycles. The molecule has 18 nitrogen and oxygen atoms in total. The Kier molecular flexibility index (Phi) is 30.5. The third-order valence-electron chi connectivity index (χ3n) is 17.9. The van der Waals surface area contributed by atoms with Crippen LogP contribution in [0.2, 0.25) is 0 Å². The third kappa shape index (κ3) is 26.7. The standard InChI is InChI=1S/3C24H19NO3S.C24H19NO3.C2H5NO/c26-24(27)19-7-3-5-17(13-19)16-29-22-9-4-8-21(14-22)28-15-20-12-11-18-6-1-2-10-23(18)25-20;26-24(27)19-6-3-4-17(14-19)16-29-22-12-10-21(11-13-22)28-15-20-9-8-18-5-1-2-7-23(18)25-20;26-24(27)19-10-8-17(9-11-19)16-29-22-6-3-5-21(14-22)28-15-20-13-12-18-4-1-2-7-23(18)25-20;26-24(27)20-8-3-5-17(14-20)13-18-6-4-9-22(15-18)28-16-21-12-11-19-7-1-2-10-23(19)25-21;1-2(3)4/h3*1-14H,15-16H2,(H,26,27);1-12,14-15H,13,16H2,(H,26,27);1H3,(H2,3,4). The number of amides is 1. The van der Waals surface area contributed by atoms with Crippen LogP contribution in [0.1, 0.15) is 98.9 Å². The molecule has 4 aromatic heterocycles. The number of aromatic nitrogens is 4. The normalized spacial score (nSPS) is 10.6. The summed E-state index contributed by atoms with van der Waals surface area (Å²) in [4.78, 5) is 75.2. The van der Waals surface area contributed by atoms with Gasteiger partial charge in [-0.3, -0.25) is 4.79 Å². The van der Waals surface area contributed by atoms with Crippen molar-refractivity contribution in [2.75, 3.05) is 0 Å². The Morgan fingerprint density at radius 3 is 0.958 bits per heavy atom. The number of pyridine rings is 4. The van der Waals surface area contributed by atoms with Crippen molar-refractivity contribution in [3.8, 4) is 23.0 Å². The number of benzene rings is 12. The monoisotopic (exact) mass is 1630 g/mol. The van der Waals surface area contributed by atoms with Crippen LogP contribution in [-0.2, 0) is 54.9 Å². The Balaban J connectivity index is 0.000000143. The summed E-state index contributed by atoms with van der Waals surface area (Å²) in [6.07, 6.45) is 0.645. The van der Waals surface area contributed by atoms with Gasteiger partial charge in [-0.1, -0.05) is 170 Å². The lowest BCUT2D eigenvalue weighted by molar-refractivity contribution is -0.116. The highest BCUT2D eigenvalue weighted by Crippen LogP contribution is 2.31. The number of hydrogen-bond donors (Lipinski definition) is 5. The van der Waals surface area contributed by atoms with Crippen molar-refractivity contribution in [3.05, 3.63) is 413 Å². The number of para-hydroxylation sites is 4.